The van der Waals surface area contributed by atoms with Crippen LogP contribution in [0, 0.1) is 0 Å². The summed E-state index contributed by atoms with van der Waals surface area (Å²) < 4.78 is 27.3. The van der Waals surface area contributed by atoms with Crippen LogP contribution in [-0.2, 0) is 16.6 Å². The number of sulfonamides is 1. The lowest BCUT2D eigenvalue weighted by molar-refractivity contribution is 0.197. The largest absolute Gasteiger partial charge is 0.312 e. The van der Waals surface area contributed by atoms with Crippen molar-refractivity contribution >= 4 is 21.4 Å². The molecule has 1 aromatic heterocycles. The van der Waals surface area contributed by atoms with E-state index in [1.54, 1.807) is 17.4 Å². The summed E-state index contributed by atoms with van der Waals surface area (Å²) in [4.78, 5) is 3.62. The molecule has 1 fully saturated rings. The van der Waals surface area contributed by atoms with Gasteiger partial charge in [-0.2, -0.15) is 4.31 Å². The summed E-state index contributed by atoms with van der Waals surface area (Å²) in [5.41, 5.74) is 0. The van der Waals surface area contributed by atoms with Crippen LogP contribution in [0.4, 0.5) is 0 Å². The predicted molar refractivity (Wildman–Crippen MR) is 87.2 cm³/mol. The Kier molecular flexibility index (Phi) is 5.79. The molecular weight excluding hydrogens is 306 g/mol. The van der Waals surface area contributed by atoms with Crippen LogP contribution in [0.15, 0.2) is 16.3 Å². The van der Waals surface area contributed by atoms with Crippen LogP contribution in [0.25, 0.3) is 0 Å². The number of rotatable bonds is 6. The van der Waals surface area contributed by atoms with Gasteiger partial charge in [0, 0.05) is 24.5 Å². The van der Waals surface area contributed by atoms with Crippen molar-refractivity contribution in [2.24, 2.45) is 0 Å². The van der Waals surface area contributed by atoms with Crippen LogP contribution in [-0.4, -0.2) is 57.4 Å². The number of hydrogen-bond donors (Lipinski definition) is 1. The van der Waals surface area contributed by atoms with E-state index in [4.69, 9.17) is 0 Å². The van der Waals surface area contributed by atoms with Crippen molar-refractivity contribution in [3.8, 4) is 0 Å². The zero-order chi connectivity index (χ0) is 15.5. The van der Waals surface area contributed by atoms with Crippen LogP contribution in [0.5, 0.6) is 0 Å². The molecule has 7 heteroatoms. The molecule has 2 heterocycles. The summed E-state index contributed by atoms with van der Waals surface area (Å²) in [6, 6.07) is 1.84. The zero-order valence-electron chi connectivity index (χ0n) is 13.0. The Morgan fingerprint density at radius 3 is 2.71 bits per heavy atom. The average molecular weight is 332 g/mol. The second-order valence-electron chi connectivity index (χ2n) is 5.54. The molecule has 0 saturated carbocycles. The maximum absolute atomic E-state index is 12.8. The molecule has 1 aliphatic rings. The van der Waals surface area contributed by atoms with E-state index in [2.05, 4.69) is 17.3 Å². The lowest BCUT2D eigenvalue weighted by atomic mass is 10.1. The first-order valence-electron chi connectivity index (χ1n) is 7.40. The summed E-state index contributed by atoms with van der Waals surface area (Å²) in [5, 5.41) is 5.07. The quantitative estimate of drug-likeness (QED) is 0.860. The smallest absolute Gasteiger partial charge is 0.244 e. The maximum Gasteiger partial charge on any atom is 0.244 e. The topological polar surface area (TPSA) is 52.7 Å². The highest BCUT2D eigenvalue weighted by atomic mass is 32.2. The molecule has 5 nitrogen and oxygen atoms in total. The summed E-state index contributed by atoms with van der Waals surface area (Å²) in [6.07, 6.45) is 1.80. The highest BCUT2D eigenvalue weighted by molar-refractivity contribution is 7.89. The normalized spacial score (nSPS) is 18.5. The van der Waals surface area contributed by atoms with E-state index in [1.165, 1.54) is 11.3 Å². The van der Waals surface area contributed by atoms with Crippen molar-refractivity contribution < 1.29 is 8.42 Å². The minimum absolute atomic E-state index is 0.109. The number of hydrogen-bond acceptors (Lipinski definition) is 5. The van der Waals surface area contributed by atoms with Gasteiger partial charge in [-0.3, -0.25) is 0 Å². The molecule has 1 aliphatic heterocycles. The van der Waals surface area contributed by atoms with Gasteiger partial charge in [0.2, 0.25) is 10.0 Å². The molecule has 0 unspecified atom stereocenters. The first kappa shape index (κ1) is 16.9. The Labute approximate surface area is 132 Å². The van der Waals surface area contributed by atoms with E-state index in [1.807, 2.05) is 12.3 Å². The van der Waals surface area contributed by atoms with Gasteiger partial charge in [0.15, 0.2) is 0 Å². The van der Waals surface area contributed by atoms with Gasteiger partial charge in [0.25, 0.3) is 0 Å². The average Bonchev–Trinajstić information content (AvgIpc) is 2.94. The van der Waals surface area contributed by atoms with Gasteiger partial charge in [-0.25, -0.2) is 8.42 Å². The Morgan fingerprint density at radius 2 is 2.10 bits per heavy atom. The SMILES string of the molecule is CCNCc1sccc1S(=O)(=O)N(C)C1CCN(C)CC1. The second kappa shape index (κ2) is 7.19. The number of piperidine rings is 1. The van der Waals surface area contributed by atoms with Crippen molar-refractivity contribution in [3.05, 3.63) is 16.3 Å². The van der Waals surface area contributed by atoms with Crippen molar-refractivity contribution in [2.75, 3.05) is 33.7 Å². The Morgan fingerprint density at radius 1 is 1.43 bits per heavy atom. The van der Waals surface area contributed by atoms with Gasteiger partial charge < -0.3 is 10.2 Å². The van der Waals surface area contributed by atoms with Crippen LogP contribution in [0.2, 0.25) is 0 Å². The fourth-order valence-corrected chi connectivity index (χ4v) is 5.43. The summed E-state index contributed by atoms with van der Waals surface area (Å²) in [5.74, 6) is 0. The van der Waals surface area contributed by atoms with E-state index < -0.39 is 10.0 Å². The predicted octanol–water partition coefficient (Wildman–Crippen LogP) is 1.57. The lowest BCUT2D eigenvalue weighted by Gasteiger charge is -2.34. The number of thiophene rings is 1. The molecule has 0 aliphatic carbocycles. The van der Waals surface area contributed by atoms with Crippen LogP contribution in [0.1, 0.15) is 24.6 Å². The number of likely N-dealkylation sites (tertiary alicyclic amines) is 1. The zero-order valence-corrected chi connectivity index (χ0v) is 14.6. The summed E-state index contributed by atoms with van der Waals surface area (Å²) in [6.45, 7) is 5.38. The third-order valence-electron chi connectivity index (χ3n) is 4.10. The van der Waals surface area contributed by atoms with Crippen LogP contribution in [0.3, 0.4) is 0 Å². The summed E-state index contributed by atoms with van der Waals surface area (Å²) >= 11 is 1.50. The van der Waals surface area contributed by atoms with Gasteiger partial charge >= 0.3 is 0 Å². The minimum Gasteiger partial charge on any atom is -0.312 e. The number of nitrogens with zero attached hydrogens (tertiary/aromatic N) is 2. The van der Waals surface area contributed by atoms with E-state index in [9.17, 15) is 8.42 Å². The van der Waals surface area contributed by atoms with Gasteiger partial charge in [-0.1, -0.05) is 6.92 Å². The molecule has 21 heavy (non-hydrogen) atoms. The van der Waals surface area contributed by atoms with E-state index >= 15 is 0 Å². The first-order chi connectivity index (χ1) is 9.96. The van der Waals surface area contributed by atoms with Crippen LogP contribution >= 0.6 is 11.3 Å². The molecule has 2 rings (SSSR count). The third-order valence-corrected chi connectivity index (χ3v) is 7.14. The van der Waals surface area contributed by atoms with Crippen molar-refractivity contribution in [2.45, 2.75) is 37.2 Å². The van der Waals surface area contributed by atoms with E-state index in [0.29, 0.717) is 11.4 Å². The highest BCUT2D eigenvalue weighted by Gasteiger charge is 2.31. The number of nitrogens with one attached hydrogen (secondary N) is 1. The minimum atomic E-state index is -3.39. The van der Waals surface area contributed by atoms with Crippen LogP contribution < -0.4 is 5.32 Å². The van der Waals surface area contributed by atoms with Crippen molar-refractivity contribution in [3.63, 3.8) is 0 Å². The Balaban J connectivity index is 2.15. The first-order valence-corrected chi connectivity index (χ1v) is 9.72. The van der Waals surface area contributed by atoms with E-state index in [0.717, 1.165) is 37.4 Å². The molecule has 0 bridgehead atoms. The lowest BCUT2D eigenvalue weighted by Crippen LogP contribution is -2.44. The van der Waals surface area contributed by atoms with Gasteiger partial charge in [0.05, 0.1) is 4.90 Å². The maximum atomic E-state index is 12.8. The molecule has 0 radical (unpaired) electrons. The molecular formula is C14H25N3O2S2. The Hall–Kier alpha value is -0.470. The molecule has 1 aromatic rings. The second-order valence-corrected chi connectivity index (χ2v) is 8.51. The molecule has 0 atom stereocenters. The molecule has 0 amide bonds. The van der Waals surface area contributed by atoms with Crippen molar-refractivity contribution in [1.82, 2.24) is 14.5 Å². The third kappa shape index (κ3) is 3.84. The van der Waals surface area contributed by atoms with E-state index in [-0.39, 0.29) is 6.04 Å². The fraction of sp³-hybridized carbons (Fsp3) is 0.714. The molecule has 1 N–H and O–H groups in total. The molecule has 120 valence electrons. The highest BCUT2D eigenvalue weighted by Crippen LogP contribution is 2.27. The fourth-order valence-electron chi connectivity index (χ4n) is 2.64. The van der Waals surface area contributed by atoms with Crippen molar-refractivity contribution in [1.29, 1.82) is 0 Å². The molecule has 1 saturated heterocycles. The molecule has 0 spiro atoms. The monoisotopic (exact) mass is 331 g/mol. The van der Waals surface area contributed by atoms with Gasteiger partial charge in [-0.05, 0) is 51.0 Å². The van der Waals surface area contributed by atoms with Gasteiger partial charge in [-0.15, -0.1) is 11.3 Å². The standard InChI is InChI=1S/C14H25N3O2S2/c1-4-15-11-13-14(7-10-20-13)21(18,19)17(3)12-5-8-16(2)9-6-12/h7,10,12,15H,4-6,8-9,11H2,1-3H3. The van der Waals surface area contributed by atoms with Gasteiger partial charge in [0.1, 0.15) is 0 Å². The molecule has 0 aromatic carbocycles. The summed E-state index contributed by atoms with van der Waals surface area (Å²) in [7, 11) is 0.415. The Bertz CT molecular complexity index is 548.